The van der Waals surface area contributed by atoms with Crippen LogP contribution < -0.4 is 27.4 Å². The first-order valence-corrected chi connectivity index (χ1v) is 11.3. The second-order valence-corrected chi connectivity index (χ2v) is 8.44. The van der Waals surface area contributed by atoms with Gasteiger partial charge in [-0.3, -0.25) is 19.2 Å². The van der Waals surface area contributed by atoms with Gasteiger partial charge in [-0.05, 0) is 12.5 Å². The van der Waals surface area contributed by atoms with Gasteiger partial charge in [-0.1, -0.05) is 30.3 Å². The highest BCUT2D eigenvalue weighted by molar-refractivity contribution is 5.95. The fourth-order valence-corrected chi connectivity index (χ4v) is 3.38. The van der Waals surface area contributed by atoms with E-state index in [2.05, 4.69) is 25.9 Å². The molecular formula is C23H31N7O7. The Balaban J connectivity index is 2.21. The number of aliphatic hydroxyl groups is 1. The van der Waals surface area contributed by atoms with E-state index in [0.29, 0.717) is 11.3 Å². The Morgan fingerprint density at radius 1 is 0.973 bits per heavy atom. The van der Waals surface area contributed by atoms with Crippen LogP contribution in [0.2, 0.25) is 0 Å². The number of aromatic nitrogens is 2. The number of carboxylic acids is 1. The van der Waals surface area contributed by atoms with Gasteiger partial charge in [-0.15, -0.1) is 0 Å². The number of hydrogen-bond donors (Lipinski definition) is 8. The summed E-state index contributed by atoms with van der Waals surface area (Å²) in [5.41, 5.74) is 11.8. The SMILES string of the molecule is CC(O)C(NC(=O)C(N)CC(N)=O)C(=O)NC(Cc1ccccc1)C(=O)NC(Cc1cnc[nH]1)C(=O)O. The van der Waals surface area contributed by atoms with Crippen molar-refractivity contribution in [2.24, 2.45) is 11.5 Å². The summed E-state index contributed by atoms with van der Waals surface area (Å²) in [6, 6.07) is 3.15. The number of nitrogens with one attached hydrogen (secondary N) is 4. The third-order valence-corrected chi connectivity index (χ3v) is 5.33. The van der Waals surface area contributed by atoms with Crippen LogP contribution in [0.1, 0.15) is 24.6 Å². The van der Waals surface area contributed by atoms with E-state index in [1.165, 1.54) is 19.4 Å². The van der Waals surface area contributed by atoms with Gasteiger partial charge in [-0.25, -0.2) is 9.78 Å². The van der Waals surface area contributed by atoms with Crippen molar-refractivity contribution in [3.05, 3.63) is 54.1 Å². The van der Waals surface area contributed by atoms with Gasteiger partial charge in [0.2, 0.25) is 23.6 Å². The number of aromatic amines is 1. The summed E-state index contributed by atoms with van der Waals surface area (Å²) in [6.07, 6.45) is 0.801. The highest BCUT2D eigenvalue weighted by Crippen LogP contribution is 2.07. The number of amides is 4. The number of carbonyl (C=O) groups is 5. The molecule has 2 rings (SSSR count). The van der Waals surface area contributed by atoms with Crippen LogP contribution in [0, 0.1) is 0 Å². The van der Waals surface area contributed by atoms with E-state index >= 15 is 0 Å². The second kappa shape index (κ2) is 13.7. The monoisotopic (exact) mass is 517 g/mol. The van der Waals surface area contributed by atoms with Gasteiger partial charge in [-0.2, -0.15) is 0 Å². The zero-order valence-corrected chi connectivity index (χ0v) is 20.1. The van der Waals surface area contributed by atoms with Gasteiger partial charge in [0, 0.05) is 24.7 Å². The van der Waals surface area contributed by atoms with Gasteiger partial charge in [0.15, 0.2) is 0 Å². The summed E-state index contributed by atoms with van der Waals surface area (Å²) in [7, 11) is 0. The van der Waals surface area contributed by atoms with Gasteiger partial charge in [0.05, 0.1) is 24.9 Å². The van der Waals surface area contributed by atoms with Crippen molar-refractivity contribution >= 4 is 29.6 Å². The van der Waals surface area contributed by atoms with Crippen LogP contribution in [0.5, 0.6) is 0 Å². The molecule has 5 unspecified atom stereocenters. The van der Waals surface area contributed by atoms with Gasteiger partial charge < -0.3 is 42.6 Å². The third-order valence-electron chi connectivity index (χ3n) is 5.33. The number of nitrogens with two attached hydrogens (primary N) is 2. The zero-order chi connectivity index (χ0) is 27.5. The molecule has 0 aliphatic carbocycles. The number of carbonyl (C=O) groups excluding carboxylic acids is 4. The molecule has 14 nitrogen and oxygen atoms in total. The molecule has 1 aromatic carbocycles. The number of aliphatic carboxylic acids is 1. The van der Waals surface area contributed by atoms with Crippen molar-refractivity contribution < 1.29 is 34.2 Å². The fraction of sp³-hybridized carbons (Fsp3) is 0.391. The van der Waals surface area contributed by atoms with Crippen LogP contribution >= 0.6 is 0 Å². The predicted octanol–water partition coefficient (Wildman–Crippen LogP) is -2.68. The number of H-pyrrole nitrogens is 1. The number of aliphatic hydroxyl groups excluding tert-OH is 1. The van der Waals surface area contributed by atoms with Crippen LogP contribution in [0.3, 0.4) is 0 Å². The maximum Gasteiger partial charge on any atom is 0.326 e. The molecule has 0 aliphatic rings. The number of nitrogens with zero attached hydrogens (tertiary/aromatic N) is 1. The molecule has 10 N–H and O–H groups in total. The Hall–Kier alpha value is -4.30. The number of primary amides is 1. The Labute approximate surface area is 212 Å². The highest BCUT2D eigenvalue weighted by atomic mass is 16.4. The van der Waals surface area contributed by atoms with Crippen molar-refractivity contribution in [1.29, 1.82) is 0 Å². The minimum atomic E-state index is -1.53. The maximum atomic E-state index is 13.1. The summed E-state index contributed by atoms with van der Waals surface area (Å²) in [6.45, 7) is 1.24. The molecule has 0 aliphatic heterocycles. The van der Waals surface area contributed by atoms with Crippen molar-refractivity contribution in [1.82, 2.24) is 25.9 Å². The summed E-state index contributed by atoms with van der Waals surface area (Å²) >= 11 is 0. The smallest absolute Gasteiger partial charge is 0.326 e. The quantitative estimate of drug-likeness (QED) is 0.130. The zero-order valence-electron chi connectivity index (χ0n) is 20.1. The molecule has 4 amide bonds. The average Bonchev–Trinajstić information content (AvgIpc) is 3.34. The summed E-state index contributed by atoms with van der Waals surface area (Å²) in [5.74, 6) is -4.76. The predicted molar refractivity (Wildman–Crippen MR) is 129 cm³/mol. The first-order chi connectivity index (χ1) is 17.5. The van der Waals surface area contributed by atoms with E-state index in [1.54, 1.807) is 30.3 Å². The fourth-order valence-electron chi connectivity index (χ4n) is 3.38. The van der Waals surface area contributed by atoms with E-state index in [1.807, 2.05) is 0 Å². The van der Waals surface area contributed by atoms with Gasteiger partial charge in [0.25, 0.3) is 0 Å². The lowest BCUT2D eigenvalue weighted by Crippen LogP contribution is -2.60. The summed E-state index contributed by atoms with van der Waals surface area (Å²) in [4.78, 5) is 67.8. The topological polar surface area (TPSA) is 243 Å². The third kappa shape index (κ3) is 9.35. The van der Waals surface area contributed by atoms with Crippen molar-refractivity contribution in [2.45, 2.75) is 56.5 Å². The molecule has 0 bridgehead atoms. The van der Waals surface area contributed by atoms with Crippen molar-refractivity contribution in [3.8, 4) is 0 Å². The Kier molecular flexibility index (Phi) is 10.7. The number of rotatable bonds is 14. The van der Waals surface area contributed by atoms with Crippen LogP contribution in [0.15, 0.2) is 42.9 Å². The minimum absolute atomic E-state index is 0.0174. The van der Waals surface area contributed by atoms with E-state index < -0.39 is 66.3 Å². The molecule has 5 atom stereocenters. The van der Waals surface area contributed by atoms with E-state index in [0.717, 1.165) is 0 Å². The Morgan fingerprint density at radius 2 is 1.62 bits per heavy atom. The molecule has 0 fully saturated rings. The van der Waals surface area contributed by atoms with Crippen LogP contribution in [0.4, 0.5) is 0 Å². The standard InChI is InChI=1S/C23H31N7O7/c1-12(31)19(30-20(33)15(24)9-18(25)32)22(35)28-16(7-13-5-3-2-4-6-13)21(34)29-17(23(36)37)8-14-10-26-11-27-14/h2-6,10-12,15-17,19,31H,7-9,24H2,1H3,(H2,25,32)(H,26,27)(H,28,35)(H,29,34)(H,30,33)(H,36,37). The van der Waals surface area contributed by atoms with Crippen LogP contribution in [-0.2, 0) is 36.8 Å². The van der Waals surface area contributed by atoms with E-state index in [4.69, 9.17) is 11.5 Å². The summed E-state index contributed by atoms with van der Waals surface area (Å²) in [5, 5.41) is 26.8. The molecular weight excluding hydrogens is 486 g/mol. The lowest BCUT2D eigenvalue weighted by Gasteiger charge is -2.26. The van der Waals surface area contributed by atoms with E-state index in [9.17, 15) is 34.2 Å². The van der Waals surface area contributed by atoms with Crippen molar-refractivity contribution in [3.63, 3.8) is 0 Å². The molecule has 0 spiro atoms. The van der Waals surface area contributed by atoms with Crippen molar-refractivity contribution in [2.75, 3.05) is 0 Å². The minimum Gasteiger partial charge on any atom is -0.480 e. The largest absolute Gasteiger partial charge is 0.480 e. The highest BCUT2D eigenvalue weighted by Gasteiger charge is 2.33. The molecule has 1 aromatic heterocycles. The molecule has 1 heterocycles. The number of hydrogen-bond acceptors (Lipinski definition) is 8. The van der Waals surface area contributed by atoms with Crippen LogP contribution in [0.25, 0.3) is 0 Å². The second-order valence-electron chi connectivity index (χ2n) is 8.44. The Bertz CT molecular complexity index is 1080. The number of carboxylic acid groups (broad SMARTS) is 1. The molecule has 2 aromatic rings. The molecule has 0 saturated carbocycles. The lowest BCUT2D eigenvalue weighted by molar-refractivity contribution is -0.142. The van der Waals surface area contributed by atoms with Gasteiger partial charge >= 0.3 is 5.97 Å². The summed E-state index contributed by atoms with van der Waals surface area (Å²) < 4.78 is 0. The number of benzene rings is 1. The first-order valence-electron chi connectivity index (χ1n) is 11.3. The first kappa shape index (κ1) is 28.9. The molecule has 37 heavy (non-hydrogen) atoms. The molecule has 0 radical (unpaired) electrons. The lowest BCUT2D eigenvalue weighted by atomic mass is 10.0. The molecule has 0 saturated heterocycles. The Morgan fingerprint density at radius 3 is 2.16 bits per heavy atom. The molecule has 200 valence electrons. The van der Waals surface area contributed by atoms with Crippen LogP contribution in [-0.4, -0.2) is 80.1 Å². The van der Waals surface area contributed by atoms with Gasteiger partial charge in [0.1, 0.15) is 18.1 Å². The average molecular weight is 518 g/mol. The maximum absolute atomic E-state index is 13.1. The number of imidazole rings is 1. The molecule has 14 heteroatoms. The normalized spacial score (nSPS) is 14.9. The van der Waals surface area contributed by atoms with E-state index in [-0.39, 0.29) is 12.8 Å².